The second-order valence-corrected chi connectivity index (χ2v) is 7.01. The monoisotopic (exact) mass is 365 g/mol. The Labute approximate surface area is 157 Å². The number of aromatic nitrogens is 2. The highest BCUT2D eigenvalue weighted by Gasteiger charge is 2.22. The zero-order valence-corrected chi connectivity index (χ0v) is 15.8. The Morgan fingerprint density at radius 3 is 2.70 bits per heavy atom. The van der Waals surface area contributed by atoms with E-state index < -0.39 is 0 Å². The van der Waals surface area contributed by atoms with Crippen molar-refractivity contribution in [2.45, 2.75) is 25.9 Å². The van der Waals surface area contributed by atoms with Gasteiger partial charge in [-0.1, -0.05) is 31.2 Å². The summed E-state index contributed by atoms with van der Waals surface area (Å²) in [6, 6.07) is 12.0. The van der Waals surface area contributed by atoms with Gasteiger partial charge < -0.3 is 14.5 Å². The third-order valence-corrected chi connectivity index (χ3v) is 5.15. The number of hydrogen-bond acceptors (Lipinski definition) is 5. The van der Waals surface area contributed by atoms with Gasteiger partial charge in [-0.15, -0.1) is 0 Å². The SMILES string of the molecule is COc1cc2nc(CN3Cc4ccccc4C(C)C3)[nH]c(=O)c2cc1OC. The van der Waals surface area contributed by atoms with E-state index in [0.717, 1.165) is 13.1 Å². The minimum Gasteiger partial charge on any atom is -0.493 e. The van der Waals surface area contributed by atoms with Crippen LogP contribution in [0.5, 0.6) is 11.5 Å². The number of benzene rings is 2. The topological polar surface area (TPSA) is 67.5 Å². The fraction of sp³-hybridized carbons (Fsp3) is 0.333. The molecule has 0 spiro atoms. The fourth-order valence-corrected chi connectivity index (χ4v) is 3.87. The molecule has 6 heteroatoms. The highest BCUT2D eigenvalue weighted by atomic mass is 16.5. The molecule has 0 aliphatic carbocycles. The summed E-state index contributed by atoms with van der Waals surface area (Å²) in [4.78, 5) is 22.5. The van der Waals surface area contributed by atoms with E-state index in [1.54, 1.807) is 26.4 Å². The maximum atomic E-state index is 12.6. The molecule has 6 nitrogen and oxygen atoms in total. The summed E-state index contributed by atoms with van der Waals surface area (Å²) in [5.41, 5.74) is 3.19. The van der Waals surface area contributed by atoms with Crippen LogP contribution in [-0.4, -0.2) is 35.6 Å². The maximum absolute atomic E-state index is 12.6. The molecule has 0 saturated carbocycles. The molecule has 1 N–H and O–H groups in total. The number of rotatable bonds is 4. The largest absolute Gasteiger partial charge is 0.493 e. The van der Waals surface area contributed by atoms with E-state index in [-0.39, 0.29) is 5.56 Å². The first-order valence-corrected chi connectivity index (χ1v) is 9.04. The average molecular weight is 365 g/mol. The molecule has 0 fully saturated rings. The quantitative estimate of drug-likeness (QED) is 0.770. The van der Waals surface area contributed by atoms with Gasteiger partial charge in [0.05, 0.1) is 31.7 Å². The summed E-state index contributed by atoms with van der Waals surface area (Å²) in [7, 11) is 3.12. The molecule has 2 aromatic carbocycles. The van der Waals surface area contributed by atoms with Gasteiger partial charge in [0.1, 0.15) is 5.82 Å². The molecule has 0 bridgehead atoms. The third-order valence-electron chi connectivity index (χ3n) is 5.15. The van der Waals surface area contributed by atoms with Crippen molar-refractivity contribution in [2.24, 2.45) is 0 Å². The number of ether oxygens (including phenoxy) is 2. The van der Waals surface area contributed by atoms with Crippen LogP contribution in [0.15, 0.2) is 41.2 Å². The van der Waals surface area contributed by atoms with Crippen LogP contribution in [0.1, 0.15) is 29.8 Å². The molecule has 1 atom stereocenters. The van der Waals surface area contributed by atoms with E-state index in [1.165, 1.54) is 11.1 Å². The molecule has 27 heavy (non-hydrogen) atoms. The molecule has 4 rings (SSSR count). The molecular weight excluding hydrogens is 342 g/mol. The number of fused-ring (bicyclic) bond motifs is 2. The van der Waals surface area contributed by atoms with Crippen LogP contribution in [-0.2, 0) is 13.1 Å². The summed E-state index contributed by atoms with van der Waals surface area (Å²) in [6.45, 7) is 4.62. The molecule has 0 saturated heterocycles. The molecule has 2 heterocycles. The molecule has 1 aromatic heterocycles. The van der Waals surface area contributed by atoms with E-state index in [1.807, 2.05) is 0 Å². The highest BCUT2D eigenvalue weighted by molar-refractivity contribution is 5.81. The van der Waals surface area contributed by atoms with Crippen molar-refractivity contribution in [3.05, 3.63) is 63.7 Å². The fourth-order valence-electron chi connectivity index (χ4n) is 3.87. The van der Waals surface area contributed by atoms with Crippen molar-refractivity contribution in [3.8, 4) is 11.5 Å². The lowest BCUT2D eigenvalue weighted by molar-refractivity contribution is 0.221. The Morgan fingerprint density at radius 1 is 1.19 bits per heavy atom. The molecule has 1 aliphatic rings. The maximum Gasteiger partial charge on any atom is 0.258 e. The van der Waals surface area contributed by atoms with Gasteiger partial charge in [0.2, 0.25) is 0 Å². The number of nitrogens with zero attached hydrogens (tertiary/aromatic N) is 2. The molecule has 3 aromatic rings. The Bertz CT molecular complexity index is 1040. The number of H-pyrrole nitrogens is 1. The molecule has 140 valence electrons. The molecule has 0 radical (unpaired) electrons. The zero-order valence-electron chi connectivity index (χ0n) is 15.8. The highest BCUT2D eigenvalue weighted by Crippen LogP contribution is 2.31. The van der Waals surface area contributed by atoms with Gasteiger partial charge in [0.25, 0.3) is 5.56 Å². The van der Waals surface area contributed by atoms with Crippen LogP contribution in [0, 0.1) is 0 Å². The second kappa shape index (κ2) is 7.04. The van der Waals surface area contributed by atoms with Crippen molar-refractivity contribution in [2.75, 3.05) is 20.8 Å². The lowest BCUT2D eigenvalue weighted by atomic mass is 9.91. The van der Waals surface area contributed by atoms with Gasteiger partial charge in [-0.25, -0.2) is 4.98 Å². The number of hydrogen-bond donors (Lipinski definition) is 1. The first kappa shape index (κ1) is 17.5. The first-order valence-electron chi connectivity index (χ1n) is 9.04. The summed E-state index contributed by atoms with van der Waals surface area (Å²) in [5.74, 6) is 2.19. The summed E-state index contributed by atoms with van der Waals surface area (Å²) >= 11 is 0. The van der Waals surface area contributed by atoms with Gasteiger partial charge in [-0.3, -0.25) is 9.69 Å². The van der Waals surface area contributed by atoms with Gasteiger partial charge in [0, 0.05) is 19.2 Å². The van der Waals surface area contributed by atoms with E-state index in [2.05, 4.69) is 46.1 Å². The molecule has 0 amide bonds. The van der Waals surface area contributed by atoms with Crippen molar-refractivity contribution in [3.63, 3.8) is 0 Å². The van der Waals surface area contributed by atoms with E-state index >= 15 is 0 Å². The zero-order chi connectivity index (χ0) is 19.0. The number of nitrogens with one attached hydrogen (secondary N) is 1. The smallest absolute Gasteiger partial charge is 0.258 e. The Morgan fingerprint density at radius 2 is 1.93 bits per heavy atom. The minimum absolute atomic E-state index is 0.165. The Balaban J connectivity index is 1.66. The average Bonchev–Trinajstić information content (AvgIpc) is 2.67. The van der Waals surface area contributed by atoms with E-state index in [0.29, 0.717) is 40.7 Å². The summed E-state index contributed by atoms with van der Waals surface area (Å²) in [5, 5.41) is 0.494. The van der Waals surface area contributed by atoms with Crippen molar-refractivity contribution in [1.29, 1.82) is 0 Å². The molecule has 1 unspecified atom stereocenters. The van der Waals surface area contributed by atoms with Gasteiger partial charge in [0.15, 0.2) is 11.5 Å². The van der Waals surface area contributed by atoms with E-state index in [4.69, 9.17) is 9.47 Å². The number of aromatic amines is 1. The molecule has 1 aliphatic heterocycles. The first-order chi connectivity index (χ1) is 13.1. The van der Waals surface area contributed by atoms with Crippen molar-refractivity contribution >= 4 is 10.9 Å². The van der Waals surface area contributed by atoms with Crippen LogP contribution >= 0.6 is 0 Å². The molecular formula is C21H23N3O3. The summed E-state index contributed by atoms with van der Waals surface area (Å²) < 4.78 is 10.6. The third kappa shape index (κ3) is 3.28. The van der Waals surface area contributed by atoms with Crippen LogP contribution in [0.2, 0.25) is 0 Å². The lowest BCUT2D eigenvalue weighted by Gasteiger charge is -2.32. The Hall–Kier alpha value is -2.86. The van der Waals surface area contributed by atoms with Gasteiger partial charge in [-0.05, 0) is 23.1 Å². The Kier molecular flexibility index (Phi) is 4.58. The normalized spacial score (nSPS) is 16.9. The standard InChI is InChI=1S/C21H23N3O3/c1-13-10-24(11-14-6-4-5-7-15(13)14)12-20-22-17-9-19(27-3)18(26-2)8-16(17)21(25)23-20/h4-9,13H,10-12H2,1-3H3,(H,22,23,25). The summed E-state index contributed by atoms with van der Waals surface area (Å²) in [6.07, 6.45) is 0. The van der Waals surface area contributed by atoms with Gasteiger partial charge in [-0.2, -0.15) is 0 Å². The van der Waals surface area contributed by atoms with Crippen molar-refractivity contribution < 1.29 is 9.47 Å². The predicted octanol–water partition coefficient (Wildman–Crippen LogP) is 3.06. The van der Waals surface area contributed by atoms with Crippen molar-refractivity contribution in [1.82, 2.24) is 14.9 Å². The van der Waals surface area contributed by atoms with E-state index in [9.17, 15) is 4.79 Å². The van der Waals surface area contributed by atoms with Crippen LogP contribution < -0.4 is 15.0 Å². The number of methoxy groups -OCH3 is 2. The van der Waals surface area contributed by atoms with Gasteiger partial charge >= 0.3 is 0 Å². The van der Waals surface area contributed by atoms with Crippen LogP contribution in [0.3, 0.4) is 0 Å². The van der Waals surface area contributed by atoms with Crippen LogP contribution in [0.4, 0.5) is 0 Å². The second-order valence-electron chi connectivity index (χ2n) is 7.01. The predicted molar refractivity (Wildman–Crippen MR) is 104 cm³/mol. The van der Waals surface area contributed by atoms with Crippen LogP contribution in [0.25, 0.3) is 10.9 Å². The lowest BCUT2D eigenvalue weighted by Crippen LogP contribution is -2.33. The minimum atomic E-state index is -0.165.